The van der Waals surface area contributed by atoms with E-state index in [1.54, 1.807) is 36.5 Å². The van der Waals surface area contributed by atoms with E-state index in [4.69, 9.17) is 74.3 Å². The summed E-state index contributed by atoms with van der Waals surface area (Å²) in [6.07, 6.45) is -1.40. The Labute approximate surface area is 535 Å². The van der Waals surface area contributed by atoms with Crippen LogP contribution in [0.5, 0.6) is 40.2 Å². The fourth-order valence-corrected chi connectivity index (χ4v) is 12.5. The van der Waals surface area contributed by atoms with Crippen LogP contribution in [0.25, 0.3) is 22.0 Å². The standard InChI is InChI=1S/C64H48Cl6N4O15/c1-74-50(52(77)25-41(64(87)88)28-4-7-35(75)8-5-28)12-27-2-9-36(10-3-27)89-54-22-32-13-38(57(54)80)29-6-11-37-34(26-71-48(37)20-29)21-49(72-62(85)56(79)33-18-46(69)60(83)47(70)19-33)51(76)23-39(30-14-42(65)58(81)43(66)15-30)61(84)73-55(32)53(78)24-40(63(74)86)31-16-44(67)59(82)45(68)17-31/h2-11,13-20,22,26,39-41,49-50,55,71,75,80-83H,12,21,23-25H2,1H3,(H,72,85)(H,73,84)(H,87,88). The molecule has 4 aliphatic heterocycles. The summed E-state index contributed by atoms with van der Waals surface area (Å²) in [7, 11) is 1.28. The van der Waals surface area contributed by atoms with Crippen LogP contribution in [0.15, 0.2) is 121 Å². The van der Waals surface area contributed by atoms with Crippen molar-refractivity contribution in [2.75, 3.05) is 7.05 Å². The summed E-state index contributed by atoms with van der Waals surface area (Å²) in [5.41, 5.74) is 1.23. The molecule has 6 atom stereocenters. The number of hydrogen-bond donors (Lipinski definition) is 9. The number of likely N-dealkylation sites (N-methyl/N-ethyl adjacent to an activating group) is 1. The number of benzene rings is 7. The highest BCUT2D eigenvalue weighted by molar-refractivity contribution is 6.45. The van der Waals surface area contributed by atoms with Crippen molar-refractivity contribution in [3.8, 4) is 51.4 Å². The Hall–Kier alpha value is -8.82. The van der Waals surface area contributed by atoms with E-state index in [-0.39, 0.29) is 93.6 Å². The summed E-state index contributed by atoms with van der Waals surface area (Å²) in [5, 5.41) is 68.1. The van der Waals surface area contributed by atoms with E-state index in [1.807, 2.05) is 0 Å². The van der Waals surface area contributed by atoms with Crippen LogP contribution in [-0.2, 0) is 46.4 Å². The molecular formula is C64H48Cl6N4O15. The number of phenolic OH excluding ortho intramolecular Hbond substituents is 5. The molecule has 3 amide bonds. The first-order valence-corrected chi connectivity index (χ1v) is 29.3. The minimum Gasteiger partial charge on any atom is -0.508 e. The lowest BCUT2D eigenvalue weighted by Crippen LogP contribution is -2.47. The number of carboxylic acid groups (broad SMARTS) is 1. The van der Waals surface area contributed by atoms with Crippen LogP contribution in [0.1, 0.15) is 86.8 Å². The Bertz CT molecular complexity index is 4200. The SMILES string of the molecule is CN1C(=O)C(c2cc(Cl)c(O)c(Cl)c2)CC(=O)C2NC(=O)C(c3cc(Cl)c(O)c(Cl)c3)CC(=O)C(NC(=O)C(=O)c3cc(Cl)c(O)c(Cl)c3)Cc3c[nH]c4cc(ccc34)-c3cc2cc(c3O)Oc2ccc(cc2)CC1C(=O)CC(C(=O)O)c1ccc(O)cc1. The zero-order valence-corrected chi connectivity index (χ0v) is 50.7. The molecule has 7 aromatic carbocycles. The molecule has 4 aliphatic rings. The number of carbonyl (C=O) groups excluding carboxylic acids is 7. The molecule has 19 nitrogen and oxygen atoms in total. The fourth-order valence-electron chi connectivity index (χ4n) is 11.0. The summed E-state index contributed by atoms with van der Waals surface area (Å²) >= 11 is 38.2. The molecule has 9 bridgehead atoms. The molecule has 0 saturated carbocycles. The Morgan fingerprint density at radius 1 is 0.640 bits per heavy atom. The number of aromatic hydroxyl groups is 5. The molecule has 89 heavy (non-hydrogen) atoms. The molecule has 0 saturated heterocycles. The fraction of sp³-hybridized carbons (Fsp3) is 0.188. The van der Waals surface area contributed by atoms with Gasteiger partial charge in [0.2, 0.25) is 17.6 Å². The Morgan fingerprint density at radius 2 is 1.21 bits per heavy atom. The van der Waals surface area contributed by atoms with E-state index >= 15 is 19.2 Å². The van der Waals surface area contributed by atoms with Crippen molar-refractivity contribution in [2.45, 2.75) is 68.0 Å². The molecular weight excluding hydrogens is 1280 g/mol. The molecule has 1 aromatic heterocycles. The van der Waals surface area contributed by atoms with Crippen molar-refractivity contribution in [3.05, 3.63) is 191 Å². The molecule has 0 fully saturated rings. The van der Waals surface area contributed by atoms with Gasteiger partial charge >= 0.3 is 5.97 Å². The Morgan fingerprint density at radius 3 is 1.81 bits per heavy atom. The number of Topliss-reactive ketones (excluding diaryl/α,β-unsaturated/α-hetero) is 4. The van der Waals surface area contributed by atoms with Gasteiger partial charge in [-0.25, -0.2) is 0 Å². The second-order valence-electron chi connectivity index (χ2n) is 21.5. The molecule has 6 unspecified atom stereocenters. The average Bonchev–Trinajstić information content (AvgIpc) is 1.98. The van der Waals surface area contributed by atoms with Crippen LogP contribution < -0.4 is 15.4 Å². The first kappa shape index (κ1) is 63.2. The highest BCUT2D eigenvalue weighted by Gasteiger charge is 2.40. The molecule has 25 heteroatoms. The van der Waals surface area contributed by atoms with E-state index in [9.17, 15) is 49.8 Å². The summed E-state index contributed by atoms with van der Waals surface area (Å²) < 4.78 is 6.41. The second-order valence-corrected chi connectivity index (χ2v) is 23.9. The van der Waals surface area contributed by atoms with Crippen LogP contribution in [0.2, 0.25) is 30.1 Å². The van der Waals surface area contributed by atoms with Crippen LogP contribution in [0.4, 0.5) is 0 Å². The summed E-state index contributed by atoms with van der Waals surface area (Å²) in [6.45, 7) is 0. The number of amides is 3. The smallest absolute Gasteiger partial charge is 0.311 e. The van der Waals surface area contributed by atoms with Gasteiger partial charge in [-0.05, 0) is 124 Å². The molecule has 0 spiro atoms. The third-order valence-electron chi connectivity index (χ3n) is 15.8. The number of aromatic nitrogens is 1. The number of halogens is 6. The lowest BCUT2D eigenvalue weighted by Gasteiger charge is -2.32. The second kappa shape index (κ2) is 25.7. The van der Waals surface area contributed by atoms with Crippen molar-refractivity contribution in [1.29, 1.82) is 0 Å². The third kappa shape index (κ3) is 13.2. The van der Waals surface area contributed by atoms with Gasteiger partial charge in [0.15, 0.2) is 46.1 Å². The van der Waals surface area contributed by atoms with Gasteiger partial charge in [0.25, 0.3) is 5.91 Å². The number of fused-ring (bicyclic) bond motifs is 15. The summed E-state index contributed by atoms with van der Waals surface area (Å²) in [5.74, 6) is -15.9. The third-order valence-corrected chi connectivity index (χ3v) is 17.5. The number of carboxylic acids is 1. The zero-order valence-electron chi connectivity index (χ0n) is 46.1. The summed E-state index contributed by atoms with van der Waals surface area (Å²) in [4.78, 5) is 122. The molecule has 5 heterocycles. The quantitative estimate of drug-likeness (QED) is 0.0454. The number of aromatic amines is 1. The van der Waals surface area contributed by atoms with Crippen molar-refractivity contribution in [3.63, 3.8) is 0 Å². The highest BCUT2D eigenvalue weighted by Crippen LogP contribution is 2.46. The first-order chi connectivity index (χ1) is 42.2. The lowest BCUT2D eigenvalue weighted by atomic mass is 9.85. The minimum atomic E-state index is -1.91. The average molecular weight is 1330 g/mol. The molecule has 0 aliphatic carbocycles. The number of nitrogens with zero attached hydrogens (tertiary/aromatic N) is 1. The predicted molar refractivity (Wildman–Crippen MR) is 330 cm³/mol. The van der Waals surface area contributed by atoms with E-state index < -0.39 is 125 Å². The number of H-pyrrole nitrogens is 1. The van der Waals surface area contributed by atoms with Gasteiger partial charge in [0.05, 0.1) is 60.0 Å². The maximum absolute atomic E-state index is 15.9. The molecule has 8 aromatic rings. The number of ketones is 4. The van der Waals surface area contributed by atoms with E-state index in [1.165, 1.54) is 67.7 Å². The number of rotatable bonds is 10. The number of aliphatic carboxylic acids is 1. The van der Waals surface area contributed by atoms with E-state index in [0.717, 1.165) is 29.2 Å². The molecule has 9 N–H and O–H groups in total. The van der Waals surface area contributed by atoms with E-state index in [2.05, 4.69) is 15.6 Å². The number of ether oxygens (including phenoxy) is 1. The van der Waals surface area contributed by atoms with Crippen LogP contribution in [0.3, 0.4) is 0 Å². The lowest BCUT2D eigenvalue weighted by molar-refractivity contribution is -0.143. The van der Waals surface area contributed by atoms with Gasteiger partial charge in [-0.15, -0.1) is 0 Å². The normalized spacial score (nSPS) is 18.5. The number of hydrogen-bond acceptors (Lipinski definition) is 14. The summed E-state index contributed by atoms with van der Waals surface area (Å²) in [6, 6.07) is 20.6. The van der Waals surface area contributed by atoms with E-state index in [0.29, 0.717) is 27.6 Å². The maximum Gasteiger partial charge on any atom is 0.311 e. The van der Waals surface area contributed by atoms with Crippen molar-refractivity contribution >= 4 is 127 Å². The van der Waals surface area contributed by atoms with Gasteiger partial charge in [-0.2, -0.15) is 0 Å². The van der Waals surface area contributed by atoms with Gasteiger partial charge < -0.3 is 55.9 Å². The topological polar surface area (TPSA) is 310 Å². The number of nitrogens with one attached hydrogen (secondary N) is 3. The first-order valence-electron chi connectivity index (χ1n) is 27.0. The Balaban J connectivity index is 1.15. The number of carbonyl (C=O) groups is 8. The van der Waals surface area contributed by atoms with Crippen molar-refractivity contribution < 1.29 is 73.7 Å². The van der Waals surface area contributed by atoms with Crippen LogP contribution >= 0.6 is 69.6 Å². The van der Waals surface area contributed by atoms with Crippen LogP contribution in [0, 0.1) is 0 Å². The monoisotopic (exact) mass is 1320 g/mol. The van der Waals surface area contributed by atoms with Gasteiger partial charge in [-0.1, -0.05) is 106 Å². The largest absolute Gasteiger partial charge is 0.508 e. The minimum absolute atomic E-state index is 0.0483. The Kier molecular flexibility index (Phi) is 18.3. The van der Waals surface area contributed by atoms with Gasteiger partial charge in [-0.3, -0.25) is 38.4 Å². The van der Waals surface area contributed by atoms with Crippen LogP contribution in [-0.4, -0.2) is 106 Å². The molecule has 12 rings (SSSR count). The van der Waals surface area contributed by atoms with Gasteiger partial charge in [0.1, 0.15) is 17.5 Å². The van der Waals surface area contributed by atoms with Crippen molar-refractivity contribution in [1.82, 2.24) is 20.5 Å². The molecule has 456 valence electrons. The predicted octanol–water partition coefficient (Wildman–Crippen LogP) is 11.9. The van der Waals surface area contributed by atoms with Crippen molar-refractivity contribution in [2.24, 2.45) is 0 Å². The zero-order chi connectivity index (χ0) is 64.0. The number of phenols is 5. The maximum atomic E-state index is 15.9. The molecule has 0 radical (unpaired) electrons. The van der Waals surface area contributed by atoms with Gasteiger partial charge in [0, 0.05) is 61.0 Å². The highest BCUT2D eigenvalue weighted by atomic mass is 35.5.